The fourth-order valence-electron chi connectivity index (χ4n) is 3.58. The van der Waals surface area contributed by atoms with E-state index in [0.29, 0.717) is 38.3 Å². The van der Waals surface area contributed by atoms with Gasteiger partial charge in [0.05, 0.1) is 6.42 Å². The van der Waals surface area contributed by atoms with Gasteiger partial charge >= 0.3 is 0 Å². The summed E-state index contributed by atoms with van der Waals surface area (Å²) < 4.78 is 5.68. The van der Waals surface area contributed by atoms with Crippen LogP contribution in [0.15, 0.2) is 54.6 Å². The molecule has 2 aromatic carbocycles. The first-order chi connectivity index (χ1) is 14.2. The smallest absolute Gasteiger partial charge is 0.260 e. The number of amides is 2. The summed E-state index contributed by atoms with van der Waals surface area (Å²) in [6.07, 6.45) is 3.36. The molecule has 154 valence electrons. The first kappa shape index (κ1) is 20.9. The second-order valence-electron chi connectivity index (χ2n) is 7.46. The van der Waals surface area contributed by atoms with Crippen LogP contribution >= 0.6 is 0 Å². The summed E-state index contributed by atoms with van der Waals surface area (Å²) >= 11 is 0. The summed E-state index contributed by atoms with van der Waals surface area (Å²) in [7, 11) is 0. The lowest BCUT2D eigenvalue weighted by Crippen LogP contribution is -2.39. The van der Waals surface area contributed by atoms with Crippen LogP contribution in [0.1, 0.15) is 30.9 Å². The fourth-order valence-corrected chi connectivity index (χ4v) is 3.58. The molecule has 0 saturated carbocycles. The molecule has 0 radical (unpaired) electrons. The van der Waals surface area contributed by atoms with E-state index >= 15 is 0 Å². The molecule has 2 amide bonds. The quantitative estimate of drug-likeness (QED) is 0.724. The van der Waals surface area contributed by atoms with Gasteiger partial charge in [-0.05, 0) is 36.1 Å². The summed E-state index contributed by atoms with van der Waals surface area (Å²) in [6.45, 7) is 4.66. The largest absolute Gasteiger partial charge is 0.484 e. The fraction of sp³-hybridized carbons (Fsp3) is 0.417. The monoisotopic (exact) mass is 394 g/mol. The van der Waals surface area contributed by atoms with E-state index in [2.05, 4.69) is 6.92 Å². The maximum absolute atomic E-state index is 12.6. The normalized spacial score (nSPS) is 14.4. The lowest BCUT2D eigenvalue weighted by molar-refractivity contribution is -0.134. The lowest BCUT2D eigenvalue weighted by Gasteiger charge is -2.22. The van der Waals surface area contributed by atoms with Crippen LogP contribution in [0.3, 0.4) is 0 Å². The van der Waals surface area contributed by atoms with Crippen molar-refractivity contribution in [3.8, 4) is 5.75 Å². The highest BCUT2D eigenvalue weighted by molar-refractivity contribution is 5.80. The maximum Gasteiger partial charge on any atom is 0.260 e. The minimum atomic E-state index is -0.0278. The van der Waals surface area contributed by atoms with Gasteiger partial charge in [-0.1, -0.05) is 55.8 Å². The van der Waals surface area contributed by atoms with Gasteiger partial charge in [0, 0.05) is 26.2 Å². The summed E-state index contributed by atoms with van der Waals surface area (Å²) in [4.78, 5) is 28.8. The van der Waals surface area contributed by atoms with Crippen LogP contribution in [0.2, 0.25) is 0 Å². The number of carbonyl (C=O) groups is 2. The van der Waals surface area contributed by atoms with Crippen LogP contribution in [-0.4, -0.2) is 54.4 Å². The average Bonchev–Trinajstić information content (AvgIpc) is 3.00. The van der Waals surface area contributed by atoms with Gasteiger partial charge in [0.25, 0.3) is 5.91 Å². The molecule has 1 heterocycles. The van der Waals surface area contributed by atoms with E-state index in [1.165, 1.54) is 5.56 Å². The molecular formula is C24H30N2O3. The van der Waals surface area contributed by atoms with Gasteiger partial charge in [-0.15, -0.1) is 0 Å². The first-order valence-corrected chi connectivity index (χ1v) is 10.5. The molecule has 0 aliphatic carbocycles. The Kier molecular flexibility index (Phi) is 7.68. The Bertz CT molecular complexity index is 790. The predicted molar refractivity (Wildman–Crippen MR) is 114 cm³/mol. The van der Waals surface area contributed by atoms with Gasteiger partial charge in [0.15, 0.2) is 6.61 Å². The number of ether oxygens (including phenoxy) is 1. The second kappa shape index (κ2) is 10.6. The Hall–Kier alpha value is -2.82. The zero-order valence-electron chi connectivity index (χ0n) is 17.2. The highest BCUT2D eigenvalue weighted by Gasteiger charge is 2.22. The lowest BCUT2D eigenvalue weighted by atomic mass is 10.1. The SMILES string of the molecule is CCCc1ccc(OCC(=O)N2CCCN(C(=O)Cc3ccccc3)CC2)cc1. The van der Waals surface area contributed by atoms with Crippen LogP contribution in [0, 0.1) is 0 Å². The molecular weight excluding hydrogens is 364 g/mol. The third kappa shape index (κ3) is 6.34. The zero-order valence-corrected chi connectivity index (χ0v) is 17.2. The van der Waals surface area contributed by atoms with Crippen LogP contribution in [0.4, 0.5) is 0 Å². The van der Waals surface area contributed by atoms with E-state index in [1.807, 2.05) is 59.5 Å². The highest BCUT2D eigenvalue weighted by atomic mass is 16.5. The van der Waals surface area contributed by atoms with Crippen molar-refractivity contribution in [2.24, 2.45) is 0 Å². The van der Waals surface area contributed by atoms with Gasteiger partial charge in [-0.2, -0.15) is 0 Å². The number of rotatable bonds is 7. The van der Waals surface area contributed by atoms with E-state index in [4.69, 9.17) is 4.74 Å². The molecule has 0 bridgehead atoms. The molecule has 0 unspecified atom stereocenters. The summed E-state index contributed by atoms with van der Waals surface area (Å²) in [6, 6.07) is 17.7. The number of carbonyl (C=O) groups excluding carboxylic acids is 2. The van der Waals surface area contributed by atoms with Crippen LogP contribution in [0.5, 0.6) is 5.75 Å². The molecule has 2 aromatic rings. The third-order valence-electron chi connectivity index (χ3n) is 5.22. The van der Waals surface area contributed by atoms with Crippen molar-refractivity contribution in [2.75, 3.05) is 32.8 Å². The zero-order chi connectivity index (χ0) is 20.5. The van der Waals surface area contributed by atoms with Crippen LogP contribution in [0.25, 0.3) is 0 Å². The van der Waals surface area contributed by atoms with E-state index in [9.17, 15) is 9.59 Å². The molecule has 0 N–H and O–H groups in total. The average molecular weight is 395 g/mol. The topological polar surface area (TPSA) is 49.9 Å². The Labute approximate surface area is 173 Å². The Morgan fingerprint density at radius 3 is 2.14 bits per heavy atom. The number of hydrogen-bond donors (Lipinski definition) is 0. The minimum absolute atomic E-state index is 0.0278. The number of aryl methyl sites for hydroxylation is 1. The summed E-state index contributed by atoms with van der Waals surface area (Å²) in [5.41, 5.74) is 2.30. The third-order valence-corrected chi connectivity index (χ3v) is 5.22. The number of benzene rings is 2. The van der Waals surface area contributed by atoms with Crippen LogP contribution in [-0.2, 0) is 22.4 Å². The van der Waals surface area contributed by atoms with Crippen molar-refractivity contribution in [2.45, 2.75) is 32.6 Å². The van der Waals surface area contributed by atoms with Crippen molar-refractivity contribution in [1.29, 1.82) is 0 Å². The molecule has 3 rings (SSSR count). The molecule has 1 saturated heterocycles. The van der Waals surface area contributed by atoms with Crippen LogP contribution < -0.4 is 4.74 Å². The van der Waals surface area contributed by atoms with E-state index < -0.39 is 0 Å². The van der Waals surface area contributed by atoms with E-state index in [-0.39, 0.29) is 18.4 Å². The molecule has 1 aliphatic rings. The van der Waals surface area contributed by atoms with Gasteiger partial charge in [0.1, 0.15) is 5.75 Å². The van der Waals surface area contributed by atoms with E-state index in [0.717, 1.165) is 24.8 Å². The van der Waals surface area contributed by atoms with Gasteiger partial charge in [-0.25, -0.2) is 0 Å². The molecule has 0 atom stereocenters. The molecule has 0 aromatic heterocycles. The molecule has 0 spiro atoms. The predicted octanol–water partition coefficient (Wildman–Crippen LogP) is 3.32. The molecule has 1 aliphatic heterocycles. The van der Waals surface area contributed by atoms with Crippen molar-refractivity contribution in [3.05, 3.63) is 65.7 Å². The Balaban J connectivity index is 1.45. The molecule has 5 heteroatoms. The summed E-state index contributed by atoms with van der Waals surface area (Å²) in [5, 5.41) is 0. The van der Waals surface area contributed by atoms with Crippen molar-refractivity contribution < 1.29 is 14.3 Å². The number of hydrogen-bond acceptors (Lipinski definition) is 3. The summed E-state index contributed by atoms with van der Waals surface area (Å²) in [5.74, 6) is 0.807. The van der Waals surface area contributed by atoms with Crippen molar-refractivity contribution in [1.82, 2.24) is 9.80 Å². The maximum atomic E-state index is 12.6. The standard InChI is InChI=1S/C24H30N2O3/c1-2-7-20-10-12-22(13-11-20)29-19-24(28)26-15-6-14-25(16-17-26)23(27)18-21-8-4-3-5-9-21/h3-5,8-13H,2,6-7,14-19H2,1H3. The van der Waals surface area contributed by atoms with Crippen molar-refractivity contribution >= 4 is 11.8 Å². The number of nitrogens with zero attached hydrogens (tertiary/aromatic N) is 2. The molecule has 5 nitrogen and oxygen atoms in total. The van der Waals surface area contributed by atoms with Gasteiger partial charge in [-0.3, -0.25) is 9.59 Å². The Morgan fingerprint density at radius 1 is 0.828 bits per heavy atom. The first-order valence-electron chi connectivity index (χ1n) is 10.5. The second-order valence-corrected chi connectivity index (χ2v) is 7.46. The molecule has 1 fully saturated rings. The minimum Gasteiger partial charge on any atom is -0.484 e. The van der Waals surface area contributed by atoms with Gasteiger partial charge in [0.2, 0.25) is 5.91 Å². The molecule has 29 heavy (non-hydrogen) atoms. The highest BCUT2D eigenvalue weighted by Crippen LogP contribution is 2.14. The van der Waals surface area contributed by atoms with Gasteiger partial charge < -0.3 is 14.5 Å². The van der Waals surface area contributed by atoms with E-state index in [1.54, 1.807) is 4.90 Å². The van der Waals surface area contributed by atoms with Crippen molar-refractivity contribution in [3.63, 3.8) is 0 Å². The Morgan fingerprint density at radius 2 is 1.48 bits per heavy atom.